The monoisotopic (exact) mass is 625 g/mol. The maximum atomic E-state index is 13.3. The molecule has 4 bridgehead atoms. The molecular formula is C31H35N3O9S. The Morgan fingerprint density at radius 2 is 1.89 bits per heavy atom. The minimum absolute atomic E-state index is 0.0116. The largest absolute Gasteiger partial charge is 0.504 e. The zero-order chi connectivity index (χ0) is 31.0. The average Bonchev–Trinajstić information content (AvgIpc) is 3.45. The maximum Gasteiger partial charge on any atom is 0.329 e. The third-order valence-electron chi connectivity index (χ3n) is 9.25. The van der Waals surface area contributed by atoms with Crippen LogP contribution in [0.3, 0.4) is 0 Å². The van der Waals surface area contributed by atoms with E-state index in [1.165, 1.54) is 25.6 Å². The highest BCUT2D eigenvalue weighted by molar-refractivity contribution is 7.99. The van der Waals surface area contributed by atoms with Crippen molar-refractivity contribution in [2.75, 3.05) is 32.8 Å². The normalized spacial score (nSPS) is 28.2. The van der Waals surface area contributed by atoms with Crippen LogP contribution in [0.25, 0.3) is 0 Å². The molecule has 12 nitrogen and oxygen atoms in total. The third kappa shape index (κ3) is 4.39. The first-order chi connectivity index (χ1) is 21.1. The Morgan fingerprint density at radius 3 is 2.61 bits per heavy atom. The molecule has 0 radical (unpaired) electrons. The van der Waals surface area contributed by atoms with E-state index < -0.39 is 24.0 Å². The van der Waals surface area contributed by atoms with Crippen LogP contribution >= 0.6 is 11.8 Å². The summed E-state index contributed by atoms with van der Waals surface area (Å²) < 4.78 is 29.5. The Balaban J connectivity index is 1.48. The van der Waals surface area contributed by atoms with Crippen molar-refractivity contribution in [1.82, 2.24) is 15.5 Å². The number of aryl methyl sites for hydroxylation is 1. The number of phenolic OH excluding ortho intramolecular Hbond substituents is 1. The fraction of sp³-hybridized carbons (Fsp3) is 0.516. The number of carbonyl (C=O) groups excluding carboxylic acids is 3. The molecule has 44 heavy (non-hydrogen) atoms. The molecule has 0 saturated carbocycles. The van der Waals surface area contributed by atoms with Crippen molar-refractivity contribution < 1.29 is 43.2 Å². The standard InChI is InChI=1S/C31H35N3O9S/c1-12-6-16-7-17-8-34-19-9-40-31(38)18(32-14(3)35)10-44-30(24(34)23(33-17)20(16)25(37)26(12)39-5)22-21(19)29-28(41-11-42-29)13(2)27(22)43-15(4)36/h6,17-19,23-24,30,33,37H,7-11H2,1-5H3,(H,32,35)/t17?,18?,19-,23?,24?,30+/m0/s1. The highest BCUT2D eigenvalue weighted by Crippen LogP contribution is 2.61. The van der Waals surface area contributed by atoms with Crippen molar-refractivity contribution in [3.05, 3.63) is 39.4 Å². The number of nitrogens with zero attached hydrogens (tertiary/aromatic N) is 1. The molecule has 5 aliphatic heterocycles. The lowest BCUT2D eigenvalue weighted by molar-refractivity contribution is -0.150. The second kappa shape index (κ2) is 10.7. The highest BCUT2D eigenvalue weighted by Gasteiger charge is 2.55. The summed E-state index contributed by atoms with van der Waals surface area (Å²) in [6, 6.07) is 0.159. The van der Waals surface area contributed by atoms with Gasteiger partial charge in [-0.3, -0.25) is 14.5 Å². The number of ether oxygens (including phenoxy) is 5. The van der Waals surface area contributed by atoms with Gasteiger partial charge in [-0.2, -0.15) is 0 Å². The molecule has 234 valence electrons. The molecule has 2 fully saturated rings. The van der Waals surface area contributed by atoms with Crippen LogP contribution in [0.2, 0.25) is 0 Å². The second-order valence-corrected chi connectivity index (χ2v) is 13.1. The van der Waals surface area contributed by atoms with Gasteiger partial charge in [-0.1, -0.05) is 6.07 Å². The molecule has 0 spiro atoms. The molecule has 6 atom stereocenters. The van der Waals surface area contributed by atoms with Crippen LogP contribution in [-0.4, -0.2) is 78.8 Å². The van der Waals surface area contributed by atoms with Crippen molar-refractivity contribution in [2.45, 2.75) is 69.6 Å². The van der Waals surface area contributed by atoms with Gasteiger partial charge in [-0.25, -0.2) is 4.79 Å². The number of hydrogen-bond donors (Lipinski definition) is 3. The predicted molar refractivity (Wildman–Crippen MR) is 158 cm³/mol. The van der Waals surface area contributed by atoms with Crippen LogP contribution in [0.5, 0.6) is 28.7 Å². The summed E-state index contributed by atoms with van der Waals surface area (Å²) in [7, 11) is 1.55. The van der Waals surface area contributed by atoms with Gasteiger partial charge in [0.1, 0.15) is 18.4 Å². The summed E-state index contributed by atoms with van der Waals surface area (Å²) in [6.45, 7) is 7.11. The number of thioether (sulfide) groups is 1. The van der Waals surface area contributed by atoms with Gasteiger partial charge in [0.25, 0.3) is 0 Å². The molecule has 2 saturated heterocycles. The number of cyclic esters (lactones) is 1. The van der Waals surface area contributed by atoms with Crippen molar-refractivity contribution >= 4 is 29.6 Å². The Morgan fingerprint density at radius 1 is 1.11 bits per heavy atom. The molecule has 2 aromatic rings. The van der Waals surface area contributed by atoms with Gasteiger partial charge >= 0.3 is 11.9 Å². The molecule has 5 heterocycles. The van der Waals surface area contributed by atoms with E-state index in [0.717, 1.165) is 27.8 Å². The van der Waals surface area contributed by atoms with Gasteiger partial charge < -0.3 is 39.4 Å². The second-order valence-electron chi connectivity index (χ2n) is 12.0. The molecule has 3 N–H and O–H groups in total. The summed E-state index contributed by atoms with van der Waals surface area (Å²) >= 11 is 1.48. The minimum Gasteiger partial charge on any atom is -0.504 e. The van der Waals surface area contributed by atoms with Gasteiger partial charge in [0.2, 0.25) is 12.7 Å². The lowest BCUT2D eigenvalue weighted by Crippen LogP contribution is -2.65. The first kappa shape index (κ1) is 29.1. The number of rotatable bonds is 3. The zero-order valence-electron chi connectivity index (χ0n) is 25.1. The summed E-state index contributed by atoms with van der Waals surface area (Å²) in [5.74, 6) is 0.857. The van der Waals surface area contributed by atoms with Crippen LogP contribution in [0, 0.1) is 13.8 Å². The van der Waals surface area contributed by atoms with E-state index in [4.69, 9.17) is 23.7 Å². The number of esters is 2. The van der Waals surface area contributed by atoms with E-state index >= 15 is 0 Å². The molecule has 1 amide bonds. The lowest BCUT2D eigenvalue weighted by Gasteiger charge is -2.57. The number of nitrogens with one attached hydrogen (secondary N) is 2. The van der Waals surface area contributed by atoms with E-state index in [1.807, 2.05) is 13.8 Å². The number of piperazine rings is 1. The zero-order valence-corrected chi connectivity index (χ0v) is 26.0. The molecule has 2 aromatic carbocycles. The summed E-state index contributed by atoms with van der Waals surface area (Å²) in [5, 5.41) is 17.8. The van der Waals surface area contributed by atoms with E-state index in [0.29, 0.717) is 41.5 Å². The topological polar surface area (TPSA) is 145 Å². The van der Waals surface area contributed by atoms with Gasteiger partial charge in [0.15, 0.2) is 23.0 Å². The molecule has 0 aromatic heterocycles. The number of aromatic hydroxyl groups is 1. The fourth-order valence-electron chi connectivity index (χ4n) is 7.71. The number of amides is 1. The predicted octanol–water partition coefficient (Wildman–Crippen LogP) is 2.50. The Labute approximate surface area is 258 Å². The number of phenols is 1. The van der Waals surface area contributed by atoms with Crippen molar-refractivity contribution in [3.8, 4) is 28.7 Å². The SMILES string of the molecule is COc1c(C)cc2c(c1O)C1NC(C2)CN2C1[C@@H]1SCC(NC(C)=O)C(=O)OC[C@H]2c2c3c(c(C)c(OC(C)=O)c21)OCO3. The van der Waals surface area contributed by atoms with Gasteiger partial charge in [0, 0.05) is 60.5 Å². The lowest BCUT2D eigenvalue weighted by atomic mass is 9.74. The average molecular weight is 626 g/mol. The van der Waals surface area contributed by atoms with Crippen LogP contribution in [-0.2, 0) is 25.5 Å². The van der Waals surface area contributed by atoms with Crippen LogP contribution in [0.15, 0.2) is 6.07 Å². The number of fused-ring (bicyclic) bond motifs is 9. The quantitative estimate of drug-likeness (QED) is 0.341. The van der Waals surface area contributed by atoms with E-state index in [-0.39, 0.29) is 54.2 Å². The molecule has 5 aliphatic rings. The summed E-state index contributed by atoms with van der Waals surface area (Å²) in [6.07, 6.45) is 0.694. The van der Waals surface area contributed by atoms with Gasteiger partial charge in [-0.05, 0) is 31.4 Å². The first-order valence-corrected chi connectivity index (χ1v) is 15.7. The molecule has 4 unspecified atom stereocenters. The summed E-state index contributed by atoms with van der Waals surface area (Å²) in [4.78, 5) is 40.2. The van der Waals surface area contributed by atoms with E-state index in [2.05, 4.69) is 21.6 Å². The fourth-order valence-corrected chi connectivity index (χ4v) is 9.24. The number of benzene rings is 2. The first-order valence-electron chi connectivity index (χ1n) is 14.7. The smallest absolute Gasteiger partial charge is 0.329 e. The van der Waals surface area contributed by atoms with E-state index in [1.54, 1.807) is 7.11 Å². The summed E-state index contributed by atoms with van der Waals surface area (Å²) in [5.41, 5.74) is 4.86. The molecule has 13 heteroatoms. The van der Waals surface area contributed by atoms with Crippen molar-refractivity contribution in [3.63, 3.8) is 0 Å². The van der Waals surface area contributed by atoms with Crippen molar-refractivity contribution in [1.29, 1.82) is 0 Å². The Kier molecular flexibility index (Phi) is 7.09. The van der Waals surface area contributed by atoms with Crippen LogP contribution < -0.4 is 29.6 Å². The molecule has 7 rings (SSSR count). The maximum absolute atomic E-state index is 13.3. The van der Waals surface area contributed by atoms with Crippen LogP contribution in [0.1, 0.15) is 64.6 Å². The molecular weight excluding hydrogens is 590 g/mol. The van der Waals surface area contributed by atoms with Crippen molar-refractivity contribution in [2.24, 2.45) is 0 Å². The highest BCUT2D eigenvalue weighted by atomic mass is 32.2. The minimum atomic E-state index is -0.875. The van der Waals surface area contributed by atoms with Gasteiger partial charge in [-0.15, -0.1) is 11.8 Å². The molecule has 0 aliphatic carbocycles. The van der Waals surface area contributed by atoms with E-state index in [9.17, 15) is 19.5 Å². The third-order valence-corrected chi connectivity index (χ3v) is 10.7. The number of carbonyl (C=O) groups is 3. The Bertz CT molecular complexity index is 1600. The van der Waals surface area contributed by atoms with Crippen LogP contribution in [0.4, 0.5) is 0 Å². The van der Waals surface area contributed by atoms with Gasteiger partial charge in [0.05, 0.1) is 24.4 Å². The Hall–Kier alpha value is -3.68. The number of methoxy groups -OCH3 is 1. The number of hydrogen-bond acceptors (Lipinski definition) is 12.